The monoisotopic (exact) mass is 487 g/mol. The van der Waals surface area contributed by atoms with Crippen molar-refractivity contribution in [2.45, 2.75) is 23.1 Å². The Hall–Kier alpha value is -0.920. The van der Waals surface area contributed by atoms with Crippen LogP contribution in [0.5, 0.6) is 0 Å². The fourth-order valence-electron chi connectivity index (χ4n) is 2.10. The van der Waals surface area contributed by atoms with Gasteiger partial charge in [-0.15, -0.1) is 35.3 Å². The summed E-state index contributed by atoms with van der Waals surface area (Å²) in [6, 6.07) is 3.39. The second-order valence-electron chi connectivity index (χ2n) is 5.01. The molecular weight excluding hydrogens is 465 g/mol. The van der Waals surface area contributed by atoms with Gasteiger partial charge in [0.2, 0.25) is 15.9 Å². The summed E-state index contributed by atoms with van der Waals surface area (Å²) in [5.74, 6) is 0.649. The van der Waals surface area contributed by atoms with E-state index in [9.17, 15) is 13.2 Å². The van der Waals surface area contributed by atoms with E-state index in [2.05, 4.69) is 25.7 Å². The number of hydrogen-bond acceptors (Lipinski definition) is 5. The minimum Gasteiger partial charge on any atom is -0.355 e. The van der Waals surface area contributed by atoms with Crippen LogP contribution in [0.2, 0.25) is 0 Å². The molecule has 11 heteroatoms. The molecule has 1 saturated heterocycles. The van der Waals surface area contributed by atoms with Crippen molar-refractivity contribution in [2.24, 2.45) is 4.99 Å². The fraction of sp³-hybridized carbons (Fsp3) is 0.538. The zero-order valence-electron chi connectivity index (χ0n) is 13.2. The number of aliphatic imine (C=N–C) groups is 1. The number of sulfonamides is 1. The molecule has 0 aliphatic carbocycles. The van der Waals surface area contributed by atoms with Crippen LogP contribution >= 0.6 is 35.3 Å². The highest BCUT2D eigenvalue weighted by Gasteiger charge is 2.18. The number of guanidine groups is 1. The number of nitrogens with one attached hydrogen (secondary N) is 4. The zero-order chi connectivity index (χ0) is 16.7. The van der Waals surface area contributed by atoms with Gasteiger partial charge in [-0.05, 0) is 17.9 Å². The molecule has 1 atom stereocenters. The number of amides is 1. The molecular formula is C13H22IN5O3S2. The van der Waals surface area contributed by atoms with Crippen molar-refractivity contribution in [2.75, 3.05) is 26.7 Å². The first kappa shape index (κ1) is 21.1. The largest absolute Gasteiger partial charge is 0.355 e. The number of nitrogens with zero attached hydrogens (tertiary/aromatic N) is 1. The predicted molar refractivity (Wildman–Crippen MR) is 105 cm³/mol. The summed E-state index contributed by atoms with van der Waals surface area (Å²) in [5, 5.41) is 10.8. The fourth-order valence-corrected chi connectivity index (χ4v) is 4.17. The van der Waals surface area contributed by atoms with Crippen molar-refractivity contribution in [1.29, 1.82) is 0 Å². The molecule has 4 N–H and O–H groups in total. The quantitative estimate of drug-likeness (QED) is 0.197. The molecule has 24 heavy (non-hydrogen) atoms. The highest BCUT2D eigenvalue weighted by molar-refractivity contribution is 14.0. The summed E-state index contributed by atoms with van der Waals surface area (Å²) in [7, 11) is -1.79. The molecule has 0 bridgehead atoms. The Morgan fingerprint density at radius 3 is 2.83 bits per heavy atom. The Morgan fingerprint density at radius 2 is 2.25 bits per heavy atom. The van der Waals surface area contributed by atoms with Crippen LogP contribution in [-0.4, -0.2) is 53.0 Å². The molecule has 8 nitrogen and oxygen atoms in total. The minimum atomic E-state index is -3.43. The molecule has 136 valence electrons. The Balaban J connectivity index is 0.00000288. The normalized spacial score (nSPS) is 18.5. The number of thiophene rings is 1. The lowest BCUT2D eigenvalue weighted by molar-refractivity contribution is -0.122. The van der Waals surface area contributed by atoms with Crippen LogP contribution in [0.1, 0.15) is 12.8 Å². The van der Waals surface area contributed by atoms with Gasteiger partial charge in [-0.1, -0.05) is 6.07 Å². The van der Waals surface area contributed by atoms with E-state index in [1.165, 1.54) is 11.3 Å². The van der Waals surface area contributed by atoms with Gasteiger partial charge >= 0.3 is 0 Å². The summed E-state index contributed by atoms with van der Waals surface area (Å²) < 4.78 is 26.7. The highest BCUT2D eigenvalue weighted by atomic mass is 127. The molecule has 1 unspecified atom stereocenters. The van der Waals surface area contributed by atoms with Gasteiger partial charge in [0, 0.05) is 39.1 Å². The van der Waals surface area contributed by atoms with Crippen molar-refractivity contribution in [3.05, 3.63) is 17.5 Å². The highest BCUT2D eigenvalue weighted by Crippen LogP contribution is 2.14. The molecule has 1 aliphatic heterocycles. The molecule has 1 amide bonds. The average Bonchev–Trinajstić information content (AvgIpc) is 3.07. The van der Waals surface area contributed by atoms with Crippen molar-refractivity contribution in [3.63, 3.8) is 0 Å². The Bertz CT molecular complexity index is 639. The lowest BCUT2D eigenvalue weighted by Crippen LogP contribution is -2.52. The van der Waals surface area contributed by atoms with E-state index in [1.54, 1.807) is 24.6 Å². The molecule has 2 heterocycles. The molecule has 1 aromatic rings. The van der Waals surface area contributed by atoms with E-state index in [0.29, 0.717) is 29.7 Å². The van der Waals surface area contributed by atoms with Crippen molar-refractivity contribution < 1.29 is 13.2 Å². The van der Waals surface area contributed by atoms with E-state index >= 15 is 0 Å². The molecule has 1 aromatic heterocycles. The summed E-state index contributed by atoms with van der Waals surface area (Å²) in [4.78, 5) is 15.2. The van der Waals surface area contributed by atoms with Crippen molar-refractivity contribution in [3.8, 4) is 0 Å². The van der Waals surface area contributed by atoms with Crippen LogP contribution in [0.25, 0.3) is 0 Å². The van der Waals surface area contributed by atoms with Gasteiger partial charge in [0.25, 0.3) is 0 Å². The molecule has 0 radical (unpaired) electrons. The number of rotatable bonds is 6. The van der Waals surface area contributed by atoms with Gasteiger partial charge in [-0.2, -0.15) is 0 Å². The smallest absolute Gasteiger partial charge is 0.250 e. The van der Waals surface area contributed by atoms with Gasteiger partial charge in [0.15, 0.2) is 5.96 Å². The SMILES string of the molecule is CN=C(NCCNS(=O)(=O)c1cccs1)NC1CCC(=O)NC1.I. The molecule has 2 rings (SSSR count). The van der Waals surface area contributed by atoms with E-state index in [1.807, 2.05) is 0 Å². The van der Waals surface area contributed by atoms with E-state index in [-0.39, 0.29) is 42.5 Å². The number of piperidine rings is 1. The maximum absolute atomic E-state index is 11.9. The van der Waals surface area contributed by atoms with Crippen LogP contribution in [0.3, 0.4) is 0 Å². The van der Waals surface area contributed by atoms with Crippen LogP contribution in [0, 0.1) is 0 Å². The van der Waals surface area contributed by atoms with Crippen LogP contribution in [0.15, 0.2) is 26.7 Å². The first-order chi connectivity index (χ1) is 11.0. The number of carbonyl (C=O) groups excluding carboxylic acids is 1. The predicted octanol–water partition coefficient (Wildman–Crippen LogP) is 0.0880. The number of hydrogen-bond donors (Lipinski definition) is 4. The summed E-state index contributed by atoms with van der Waals surface area (Å²) in [6.07, 6.45) is 1.24. The minimum absolute atomic E-state index is 0. The molecule has 0 aromatic carbocycles. The van der Waals surface area contributed by atoms with Gasteiger partial charge in [0.05, 0.1) is 0 Å². The average molecular weight is 487 g/mol. The Labute approximate surface area is 163 Å². The third kappa shape index (κ3) is 6.53. The Kier molecular flexibility index (Phi) is 8.94. The van der Waals surface area contributed by atoms with E-state index in [0.717, 1.165) is 6.42 Å². The molecule has 1 aliphatic rings. The van der Waals surface area contributed by atoms with Crippen LogP contribution < -0.4 is 20.7 Å². The lowest BCUT2D eigenvalue weighted by Gasteiger charge is -2.25. The van der Waals surface area contributed by atoms with Crippen LogP contribution in [-0.2, 0) is 14.8 Å². The topological polar surface area (TPSA) is 112 Å². The van der Waals surface area contributed by atoms with E-state index < -0.39 is 10.0 Å². The molecule has 0 spiro atoms. The molecule has 0 saturated carbocycles. The van der Waals surface area contributed by atoms with Gasteiger partial charge in [0.1, 0.15) is 4.21 Å². The third-order valence-electron chi connectivity index (χ3n) is 3.30. The number of carbonyl (C=O) groups is 1. The Morgan fingerprint density at radius 1 is 1.46 bits per heavy atom. The van der Waals surface area contributed by atoms with Gasteiger partial charge in [-0.3, -0.25) is 9.79 Å². The van der Waals surface area contributed by atoms with Crippen molar-refractivity contribution >= 4 is 57.2 Å². The van der Waals surface area contributed by atoms with E-state index in [4.69, 9.17) is 0 Å². The summed E-state index contributed by atoms with van der Waals surface area (Å²) in [5.41, 5.74) is 0. The van der Waals surface area contributed by atoms with Crippen LogP contribution in [0.4, 0.5) is 0 Å². The first-order valence-corrected chi connectivity index (χ1v) is 9.64. The summed E-state index contributed by atoms with van der Waals surface area (Å²) >= 11 is 1.18. The standard InChI is InChI=1S/C13H21N5O3S2.HI/c1-14-13(18-10-4-5-11(19)16-9-10)15-6-7-17-23(20,21)12-3-2-8-22-12;/h2-3,8,10,17H,4-7,9H2,1H3,(H,16,19)(H2,14,15,18);1H. The molecule has 1 fully saturated rings. The van der Waals surface area contributed by atoms with Gasteiger partial charge in [-0.25, -0.2) is 13.1 Å². The number of halogens is 1. The van der Waals surface area contributed by atoms with Crippen molar-refractivity contribution in [1.82, 2.24) is 20.7 Å². The maximum Gasteiger partial charge on any atom is 0.250 e. The second kappa shape index (κ2) is 10.2. The summed E-state index contributed by atoms with van der Waals surface area (Å²) in [6.45, 7) is 1.22. The third-order valence-corrected chi connectivity index (χ3v) is 6.16. The lowest BCUT2D eigenvalue weighted by atomic mass is 10.1. The maximum atomic E-state index is 11.9. The first-order valence-electron chi connectivity index (χ1n) is 7.28. The van der Waals surface area contributed by atoms with Gasteiger partial charge < -0.3 is 16.0 Å². The zero-order valence-corrected chi connectivity index (χ0v) is 17.2. The second-order valence-corrected chi connectivity index (χ2v) is 7.95.